The van der Waals surface area contributed by atoms with E-state index in [0.29, 0.717) is 13.2 Å². The fourth-order valence-electron chi connectivity index (χ4n) is 2.25. The summed E-state index contributed by atoms with van der Waals surface area (Å²) in [5, 5.41) is 0. The largest absolute Gasteiger partial charge is 0.464 e. The predicted octanol–water partition coefficient (Wildman–Crippen LogP) is 2.29. The van der Waals surface area contributed by atoms with Crippen molar-refractivity contribution in [3.63, 3.8) is 0 Å². The Bertz CT molecular complexity index is 457. The van der Waals surface area contributed by atoms with Gasteiger partial charge in [-0.2, -0.15) is 0 Å². The molecule has 116 valence electrons. The van der Waals surface area contributed by atoms with Gasteiger partial charge in [-0.3, -0.25) is 0 Å². The zero-order chi connectivity index (χ0) is 15.3. The Balaban J connectivity index is 1.88. The van der Waals surface area contributed by atoms with E-state index in [1.54, 1.807) is 20.8 Å². The Kier molecular flexibility index (Phi) is 5.33. The molecule has 1 fully saturated rings. The second kappa shape index (κ2) is 7.02. The van der Waals surface area contributed by atoms with Crippen molar-refractivity contribution in [2.24, 2.45) is 0 Å². The van der Waals surface area contributed by atoms with Crippen LogP contribution in [0.15, 0.2) is 30.3 Å². The minimum absolute atomic E-state index is 0.280. The van der Waals surface area contributed by atoms with Crippen molar-refractivity contribution < 1.29 is 23.7 Å². The van der Waals surface area contributed by atoms with Crippen LogP contribution in [0.3, 0.4) is 0 Å². The first-order valence-corrected chi connectivity index (χ1v) is 7.16. The number of benzene rings is 1. The van der Waals surface area contributed by atoms with Crippen molar-refractivity contribution in [2.75, 3.05) is 13.2 Å². The maximum atomic E-state index is 11.9. The topological polar surface area (TPSA) is 54.0 Å². The van der Waals surface area contributed by atoms with E-state index in [1.807, 2.05) is 30.3 Å². The van der Waals surface area contributed by atoms with Crippen molar-refractivity contribution in [3.8, 4) is 0 Å². The van der Waals surface area contributed by atoms with Gasteiger partial charge in [-0.1, -0.05) is 30.3 Å². The van der Waals surface area contributed by atoms with Gasteiger partial charge in [0, 0.05) is 0 Å². The molecule has 0 aliphatic carbocycles. The van der Waals surface area contributed by atoms with Gasteiger partial charge in [0.15, 0.2) is 11.9 Å². The second-order valence-corrected chi connectivity index (χ2v) is 5.35. The summed E-state index contributed by atoms with van der Waals surface area (Å²) in [6, 6.07) is 9.84. The van der Waals surface area contributed by atoms with Crippen LogP contribution in [0.1, 0.15) is 26.3 Å². The molecular weight excluding hydrogens is 272 g/mol. The highest BCUT2D eigenvalue weighted by atomic mass is 16.8. The summed E-state index contributed by atoms with van der Waals surface area (Å²) in [5.41, 5.74) is 1.07. The van der Waals surface area contributed by atoms with Gasteiger partial charge in [-0.15, -0.1) is 0 Å². The first kappa shape index (κ1) is 15.9. The molecule has 1 aliphatic rings. The molecule has 1 aromatic carbocycles. The van der Waals surface area contributed by atoms with Crippen molar-refractivity contribution in [3.05, 3.63) is 35.9 Å². The maximum absolute atomic E-state index is 11.9. The van der Waals surface area contributed by atoms with Gasteiger partial charge in [0.2, 0.25) is 0 Å². The first-order chi connectivity index (χ1) is 10.0. The number of rotatable bonds is 6. The van der Waals surface area contributed by atoms with E-state index < -0.39 is 24.0 Å². The van der Waals surface area contributed by atoms with E-state index >= 15 is 0 Å². The minimum atomic E-state index is -0.807. The van der Waals surface area contributed by atoms with Crippen molar-refractivity contribution in [1.29, 1.82) is 0 Å². The molecule has 2 atom stereocenters. The molecule has 0 aromatic heterocycles. The Morgan fingerprint density at radius 3 is 2.62 bits per heavy atom. The third-order valence-corrected chi connectivity index (χ3v) is 3.10. The van der Waals surface area contributed by atoms with Crippen LogP contribution in [0, 0.1) is 0 Å². The summed E-state index contributed by atoms with van der Waals surface area (Å²) < 4.78 is 22.0. The number of hydrogen-bond donors (Lipinski definition) is 0. The summed E-state index contributed by atoms with van der Waals surface area (Å²) in [7, 11) is 0. The number of carbonyl (C=O) groups is 1. The van der Waals surface area contributed by atoms with Gasteiger partial charge in [0.25, 0.3) is 0 Å². The van der Waals surface area contributed by atoms with E-state index in [9.17, 15) is 4.79 Å². The lowest BCUT2D eigenvalue weighted by molar-refractivity contribution is -0.170. The van der Waals surface area contributed by atoms with E-state index in [1.165, 1.54) is 0 Å². The zero-order valence-electron chi connectivity index (χ0n) is 12.7. The Morgan fingerprint density at radius 1 is 1.24 bits per heavy atom. The Hall–Kier alpha value is -1.43. The lowest BCUT2D eigenvalue weighted by Crippen LogP contribution is -2.36. The van der Waals surface area contributed by atoms with E-state index in [0.717, 1.165) is 5.56 Å². The number of carbonyl (C=O) groups excluding carboxylic acids is 1. The third kappa shape index (κ3) is 4.52. The van der Waals surface area contributed by atoms with Gasteiger partial charge in [0.05, 0.1) is 19.8 Å². The molecule has 0 spiro atoms. The lowest BCUT2D eigenvalue weighted by Gasteiger charge is -2.16. The Labute approximate surface area is 125 Å². The molecule has 1 heterocycles. The molecule has 0 radical (unpaired) electrons. The molecule has 0 saturated carbocycles. The van der Waals surface area contributed by atoms with Crippen molar-refractivity contribution >= 4 is 5.97 Å². The average Bonchev–Trinajstić information content (AvgIpc) is 2.76. The van der Waals surface area contributed by atoms with Gasteiger partial charge in [-0.05, 0) is 26.3 Å². The highest BCUT2D eigenvalue weighted by Gasteiger charge is 2.46. The van der Waals surface area contributed by atoms with E-state index in [-0.39, 0.29) is 6.61 Å². The van der Waals surface area contributed by atoms with Gasteiger partial charge in [-0.25, -0.2) is 4.79 Å². The molecule has 5 nitrogen and oxygen atoms in total. The normalized spacial score (nSPS) is 24.0. The van der Waals surface area contributed by atoms with Crippen LogP contribution >= 0.6 is 0 Å². The molecule has 0 unspecified atom stereocenters. The summed E-state index contributed by atoms with van der Waals surface area (Å²) in [6.07, 6.45) is -1.20. The highest BCUT2D eigenvalue weighted by Crippen LogP contribution is 2.29. The molecule has 0 amide bonds. The van der Waals surface area contributed by atoms with Crippen LogP contribution in [0.25, 0.3) is 0 Å². The van der Waals surface area contributed by atoms with Gasteiger partial charge < -0.3 is 18.9 Å². The lowest BCUT2D eigenvalue weighted by atomic mass is 10.2. The molecular formula is C16H22O5. The van der Waals surface area contributed by atoms with E-state index in [4.69, 9.17) is 18.9 Å². The van der Waals surface area contributed by atoms with Crippen LogP contribution in [0.5, 0.6) is 0 Å². The fraction of sp³-hybridized carbons (Fsp3) is 0.562. The van der Waals surface area contributed by atoms with E-state index in [2.05, 4.69) is 0 Å². The number of esters is 1. The SMILES string of the molecule is CCOC(=O)[C@@H]1OC(C)(C)O[C@H]1COCc1ccccc1. The summed E-state index contributed by atoms with van der Waals surface area (Å²) in [4.78, 5) is 11.9. The van der Waals surface area contributed by atoms with Crippen LogP contribution in [-0.4, -0.2) is 37.2 Å². The zero-order valence-corrected chi connectivity index (χ0v) is 12.7. The fourth-order valence-corrected chi connectivity index (χ4v) is 2.25. The van der Waals surface area contributed by atoms with Crippen LogP contribution in [-0.2, 0) is 30.3 Å². The first-order valence-electron chi connectivity index (χ1n) is 7.16. The number of ether oxygens (including phenoxy) is 4. The predicted molar refractivity (Wildman–Crippen MR) is 76.6 cm³/mol. The average molecular weight is 294 g/mol. The minimum Gasteiger partial charge on any atom is -0.464 e. The van der Waals surface area contributed by atoms with Gasteiger partial charge in [0.1, 0.15) is 6.10 Å². The molecule has 5 heteroatoms. The Morgan fingerprint density at radius 2 is 1.95 bits per heavy atom. The molecule has 0 bridgehead atoms. The van der Waals surface area contributed by atoms with Gasteiger partial charge >= 0.3 is 5.97 Å². The third-order valence-electron chi connectivity index (χ3n) is 3.10. The molecule has 1 aliphatic heterocycles. The second-order valence-electron chi connectivity index (χ2n) is 5.35. The van der Waals surface area contributed by atoms with Crippen LogP contribution in [0.4, 0.5) is 0 Å². The summed E-state index contributed by atoms with van der Waals surface area (Å²) in [5.74, 6) is -1.21. The highest BCUT2D eigenvalue weighted by molar-refractivity contribution is 5.75. The molecule has 0 N–H and O–H groups in total. The van der Waals surface area contributed by atoms with Crippen molar-refractivity contribution in [1.82, 2.24) is 0 Å². The van der Waals surface area contributed by atoms with Crippen molar-refractivity contribution in [2.45, 2.75) is 45.4 Å². The summed E-state index contributed by atoms with van der Waals surface area (Å²) >= 11 is 0. The van der Waals surface area contributed by atoms with Crippen LogP contribution in [0.2, 0.25) is 0 Å². The molecule has 2 rings (SSSR count). The number of hydrogen-bond acceptors (Lipinski definition) is 5. The quantitative estimate of drug-likeness (QED) is 0.753. The van der Waals surface area contributed by atoms with Crippen LogP contribution < -0.4 is 0 Å². The summed E-state index contributed by atoms with van der Waals surface area (Å²) in [6.45, 7) is 6.38. The molecule has 1 saturated heterocycles. The monoisotopic (exact) mass is 294 g/mol. The smallest absolute Gasteiger partial charge is 0.338 e. The molecule has 21 heavy (non-hydrogen) atoms. The molecule has 1 aromatic rings. The maximum Gasteiger partial charge on any atom is 0.338 e. The standard InChI is InChI=1S/C16H22O5/c1-4-19-15(17)14-13(20-16(2,3)21-14)11-18-10-12-8-6-5-7-9-12/h5-9,13-14H,4,10-11H2,1-3H3/t13-,14+/m0/s1.